The van der Waals surface area contributed by atoms with Gasteiger partial charge in [-0.2, -0.15) is 74.6 Å². The zero-order valence-electron chi connectivity index (χ0n) is 24.2. The van der Waals surface area contributed by atoms with Crippen LogP contribution in [0.4, 0.5) is 74.6 Å². The molecule has 0 radical (unpaired) electrons. The summed E-state index contributed by atoms with van der Waals surface area (Å²) in [6.07, 6.45) is -12.2. The fourth-order valence-corrected chi connectivity index (χ4v) is 3.94. The van der Waals surface area contributed by atoms with Crippen LogP contribution in [-0.2, 0) is 19.1 Å². The summed E-state index contributed by atoms with van der Waals surface area (Å²) in [5.41, 5.74) is 0. The van der Waals surface area contributed by atoms with Gasteiger partial charge in [-0.1, -0.05) is 51.4 Å². The highest BCUT2D eigenvalue weighted by Crippen LogP contribution is 2.64. The molecule has 0 amide bonds. The van der Waals surface area contributed by atoms with Crippen molar-refractivity contribution >= 4 is 17.9 Å². The number of carbonyl (C=O) groups excluding carboxylic acids is 1. The number of rotatable bonds is 23. The van der Waals surface area contributed by atoms with Crippen LogP contribution >= 0.6 is 0 Å². The largest absolute Gasteiger partial charge is 0.481 e. The van der Waals surface area contributed by atoms with E-state index in [9.17, 15) is 89.0 Å². The Labute approximate surface area is 259 Å². The second kappa shape index (κ2) is 16.3. The topological polar surface area (TPSA) is 101 Å². The Balaban J connectivity index is 4.85. The number of esters is 1. The smallest absolute Gasteiger partial charge is 0.460 e. The first-order valence-corrected chi connectivity index (χ1v) is 13.7. The fraction of sp³-hybridized carbons (Fsp3) is 0.880. The van der Waals surface area contributed by atoms with E-state index >= 15 is 0 Å². The number of carboxylic acids is 2. The van der Waals surface area contributed by atoms with Gasteiger partial charge in [0.25, 0.3) is 0 Å². The van der Waals surface area contributed by atoms with Crippen molar-refractivity contribution in [1.82, 2.24) is 0 Å². The number of hydrogen-bond donors (Lipinski definition) is 2. The summed E-state index contributed by atoms with van der Waals surface area (Å²) in [6.45, 7) is 0. The lowest BCUT2D eigenvalue weighted by molar-refractivity contribution is -0.461. The standard InChI is InChI=1S/C25H29F17O6/c26-18(27,19(28,29)20(30,31)21(32,33)22(34,35)23(36,37)24(38,39)25(40,41)42)12-10-8-6-4-2-1-3-5-7-9-11-16(45)48-14(17(46)47)13-15(43)44/h14H,1-13H2,(H,43,44)(H,46,47). The van der Waals surface area contributed by atoms with Gasteiger partial charge in [-0.05, 0) is 12.8 Å². The predicted octanol–water partition coefficient (Wildman–Crippen LogP) is 9.15. The maximum atomic E-state index is 13.9. The van der Waals surface area contributed by atoms with Gasteiger partial charge in [0.2, 0.25) is 6.10 Å². The monoisotopic (exact) mass is 748 g/mol. The second-order valence-electron chi connectivity index (χ2n) is 10.6. The van der Waals surface area contributed by atoms with Crippen LogP contribution in [0.5, 0.6) is 0 Å². The number of aliphatic carboxylic acids is 2. The van der Waals surface area contributed by atoms with Crippen molar-refractivity contribution in [1.29, 1.82) is 0 Å². The van der Waals surface area contributed by atoms with Gasteiger partial charge >= 0.3 is 65.5 Å². The molecule has 0 aliphatic heterocycles. The molecule has 0 aliphatic rings. The average molecular weight is 748 g/mol. The molecule has 0 saturated heterocycles. The Morgan fingerprint density at radius 3 is 1.17 bits per heavy atom. The van der Waals surface area contributed by atoms with Crippen molar-refractivity contribution < 1.29 is 104 Å². The van der Waals surface area contributed by atoms with Gasteiger partial charge in [0.15, 0.2) is 0 Å². The van der Waals surface area contributed by atoms with Crippen LogP contribution in [0.1, 0.15) is 83.5 Å². The van der Waals surface area contributed by atoms with Crippen LogP contribution < -0.4 is 0 Å². The Hall–Kier alpha value is -2.78. The third kappa shape index (κ3) is 9.90. The molecule has 0 heterocycles. The van der Waals surface area contributed by atoms with Gasteiger partial charge in [0, 0.05) is 12.8 Å². The Morgan fingerprint density at radius 1 is 0.479 bits per heavy atom. The average Bonchev–Trinajstić information content (AvgIpc) is 2.91. The number of ether oxygens (including phenoxy) is 1. The summed E-state index contributed by atoms with van der Waals surface area (Å²) in [7, 11) is 0. The molecule has 0 fully saturated rings. The lowest BCUT2D eigenvalue weighted by atomic mass is 9.87. The minimum atomic E-state index is -8.64. The van der Waals surface area contributed by atoms with Crippen LogP contribution in [0.15, 0.2) is 0 Å². The first kappa shape index (κ1) is 45.2. The number of hydrogen-bond acceptors (Lipinski definition) is 4. The van der Waals surface area contributed by atoms with E-state index in [1.165, 1.54) is 0 Å². The Morgan fingerprint density at radius 2 is 0.812 bits per heavy atom. The van der Waals surface area contributed by atoms with E-state index in [1.807, 2.05) is 0 Å². The molecule has 0 aromatic carbocycles. The van der Waals surface area contributed by atoms with Crippen LogP contribution in [0.3, 0.4) is 0 Å². The van der Waals surface area contributed by atoms with Gasteiger partial charge in [0.1, 0.15) is 0 Å². The van der Waals surface area contributed by atoms with Crippen molar-refractivity contribution in [3.63, 3.8) is 0 Å². The zero-order chi connectivity index (χ0) is 38.2. The maximum absolute atomic E-state index is 13.9. The minimum absolute atomic E-state index is 0.0576. The molecule has 48 heavy (non-hydrogen) atoms. The number of alkyl halides is 17. The van der Waals surface area contributed by atoms with E-state index in [0.717, 1.165) is 0 Å². The summed E-state index contributed by atoms with van der Waals surface area (Å²) in [6, 6.07) is 0. The molecule has 0 bridgehead atoms. The maximum Gasteiger partial charge on any atom is 0.460 e. The van der Waals surface area contributed by atoms with E-state index in [0.29, 0.717) is 32.1 Å². The number of carboxylic acid groups (broad SMARTS) is 2. The van der Waals surface area contributed by atoms with E-state index in [4.69, 9.17) is 10.2 Å². The first-order chi connectivity index (χ1) is 21.4. The molecule has 0 aromatic rings. The zero-order valence-corrected chi connectivity index (χ0v) is 24.2. The first-order valence-electron chi connectivity index (χ1n) is 13.7. The summed E-state index contributed by atoms with van der Waals surface area (Å²) in [5.74, 6) is -60.3. The third-order valence-corrected chi connectivity index (χ3v) is 6.82. The summed E-state index contributed by atoms with van der Waals surface area (Å²) in [4.78, 5) is 33.0. The summed E-state index contributed by atoms with van der Waals surface area (Å²) < 4.78 is 230. The van der Waals surface area contributed by atoms with Gasteiger partial charge in [-0.25, -0.2) is 4.79 Å². The molecule has 6 nitrogen and oxygen atoms in total. The lowest BCUT2D eigenvalue weighted by Crippen LogP contribution is -2.74. The lowest BCUT2D eigenvalue weighted by Gasteiger charge is -2.42. The predicted molar refractivity (Wildman–Crippen MR) is 126 cm³/mol. The van der Waals surface area contributed by atoms with Crippen molar-refractivity contribution in [2.45, 2.75) is 137 Å². The quantitative estimate of drug-likeness (QED) is 0.0615. The van der Waals surface area contributed by atoms with Crippen LogP contribution in [0.25, 0.3) is 0 Å². The van der Waals surface area contributed by atoms with Crippen LogP contribution in [0.2, 0.25) is 0 Å². The minimum Gasteiger partial charge on any atom is -0.481 e. The molecule has 0 aromatic heterocycles. The summed E-state index contributed by atoms with van der Waals surface area (Å²) in [5, 5.41) is 17.4. The van der Waals surface area contributed by atoms with Gasteiger partial charge in [-0.15, -0.1) is 0 Å². The molecule has 284 valence electrons. The molecule has 1 atom stereocenters. The van der Waals surface area contributed by atoms with E-state index < -0.39 is 97.3 Å². The van der Waals surface area contributed by atoms with Crippen molar-refractivity contribution in [3.05, 3.63) is 0 Å². The number of halogens is 17. The van der Waals surface area contributed by atoms with Gasteiger partial charge < -0.3 is 14.9 Å². The molecule has 0 spiro atoms. The number of unbranched alkanes of at least 4 members (excludes halogenated alkanes) is 9. The third-order valence-electron chi connectivity index (χ3n) is 6.82. The fourth-order valence-electron chi connectivity index (χ4n) is 3.94. The highest BCUT2D eigenvalue weighted by molar-refractivity contribution is 5.82. The molecule has 1 unspecified atom stereocenters. The summed E-state index contributed by atoms with van der Waals surface area (Å²) >= 11 is 0. The normalized spacial score (nSPS) is 14.9. The van der Waals surface area contributed by atoms with Crippen LogP contribution in [-0.4, -0.2) is 81.9 Å². The highest BCUT2D eigenvalue weighted by atomic mass is 19.4. The van der Waals surface area contributed by atoms with Crippen molar-refractivity contribution in [2.75, 3.05) is 0 Å². The molecule has 0 rings (SSSR count). The Bertz CT molecular complexity index is 1080. The number of carbonyl (C=O) groups is 3. The molecule has 2 N–H and O–H groups in total. The molecule has 0 saturated carbocycles. The Kier molecular flexibility index (Phi) is 15.3. The second-order valence-corrected chi connectivity index (χ2v) is 10.6. The molecular weight excluding hydrogens is 719 g/mol. The van der Waals surface area contributed by atoms with Crippen LogP contribution in [0, 0.1) is 0 Å². The van der Waals surface area contributed by atoms with E-state index in [1.54, 1.807) is 0 Å². The van der Waals surface area contributed by atoms with E-state index in [-0.39, 0.29) is 25.7 Å². The highest BCUT2D eigenvalue weighted by Gasteiger charge is 2.95. The van der Waals surface area contributed by atoms with Gasteiger partial charge in [0.05, 0.1) is 6.42 Å². The van der Waals surface area contributed by atoms with Crippen molar-refractivity contribution in [3.8, 4) is 0 Å². The van der Waals surface area contributed by atoms with Crippen molar-refractivity contribution in [2.24, 2.45) is 0 Å². The molecule has 0 aliphatic carbocycles. The molecule has 23 heteroatoms. The van der Waals surface area contributed by atoms with Gasteiger partial charge in [-0.3, -0.25) is 9.59 Å². The molecular formula is C25H29F17O6. The van der Waals surface area contributed by atoms with E-state index in [2.05, 4.69) is 4.74 Å². The SMILES string of the molecule is O=C(O)CC(OC(=O)CCCCCCCCCCCCC(F)(F)C(F)(F)C(F)(F)C(F)(F)C(F)(F)C(F)(F)C(F)(F)C(F)(F)F)C(=O)O.